The van der Waals surface area contributed by atoms with Crippen LogP contribution in [0.4, 0.5) is 0 Å². The van der Waals surface area contributed by atoms with Gasteiger partial charge in [-0.3, -0.25) is 9.69 Å². The molecule has 0 aliphatic carbocycles. The Labute approximate surface area is 135 Å². The Morgan fingerprint density at radius 2 is 1.86 bits per heavy atom. The summed E-state index contributed by atoms with van der Waals surface area (Å²) in [6, 6.07) is 2.43. The number of likely N-dealkylation sites (N-methyl/N-ethyl adjacent to an activating group) is 1. The van der Waals surface area contributed by atoms with Crippen molar-refractivity contribution in [2.45, 2.75) is 76.0 Å². The fourth-order valence-corrected chi connectivity index (χ4v) is 4.29. The molecule has 0 aromatic carbocycles. The molecule has 0 aromatic rings. The molecule has 3 heterocycles. The maximum atomic E-state index is 12.5. The summed E-state index contributed by atoms with van der Waals surface area (Å²) in [5.74, 6) is 0.338. The van der Waals surface area contributed by atoms with Crippen LogP contribution in [0.25, 0.3) is 0 Å². The van der Waals surface area contributed by atoms with Crippen molar-refractivity contribution in [1.82, 2.24) is 15.1 Å². The number of amides is 1. The van der Waals surface area contributed by atoms with Crippen LogP contribution in [-0.4, -0.2) is 60.0 Å². The van der Waals surface area contributed by atoms with E-state index in [1.54, 1.807) is 0 Å². The van der Waals surface area contributed by atoms with E-state index in [-0.39, 0.29) is 12.4 Å². The Bertz CT molecular complexity index is 353. The second kappa shape index (κ2) is 7.30. The zero-order valence-electron chi connectivity index (χ0n) is 13.4. The van der Waals surface area contributed by atoms with Crippen LogP contribution in [0.3, 0.4) is 0 Å². The Hall–Kier alpha value is -0.320. The predicted molar refractivity (Wildman–Crippen MR) is 87.9 cm³/mol. The predicted octanol–water partition coefficient (Wildman–Crippen LogP) is 2.02. The molecule has 3 fully saturated rings. The van der Waals surface area contributed by atoms with E-state index in [4.69, 9.17) is 0 Å². The monoisotopic (exact) mass is 315 g/mol. The van der Waals surface area contributed by atoms with Gasteiger partial charge in [-0.05, 0) is 58.9 Å². The third-order valence-corrected chi connectivity index (χ3v) is 5.58. The highest BCUT2D eigenvalue weighted by molar-refractivity contribution is 5.85. The molecule has 0 saturated carbocycles. The van der Waals surface area contributed by atoms with Crippen LogP contribution in [0, 0.1) is 0 Å². The number of likely N-dealkylation sites (tertiary alicyclic amines) is 1. The molecule has 5 heteroatoms. The van der Waals surface area contributed by atoms with Crippen LogP contribution in [0.15, 0.2) is 0 Å². The average molecular weight is 316 g/mol. The van der Waals surface area contributed by atoms with Crippen molar-refractivity contribution in [3.8, 4) is 0 Å². The number of halogens is 1. The minimum absolute atomic E-state index is 0. The number of carbonyl (C=O) groups excluding carboxylic acids is 1. The quantitative estimate of drug-likeness (QED) is 0.865. The van der Waals surface area contributed by atoms with Crippen molar-refractivity contribution in [2.75, 3.05) is 20.1 Å². The van der Waals surface area contributed by atoms with Gasteiger partial charge in [0.05, 0.1) is 6.54 Å². The molecular formula is C16H30ClN3O. The van der Waals surface area contributed by atoms with E-state index in [2.05, 4.69) is 29.1 Å². The first-order valence-corrected chi connectivity index (χ1v) is 8.39. The summed E-state index contributed by atoms with van der Waals surface area (Å²) in [6.07, 6.45) is 8.71. The van der Waals surface area contributed by atoms with E-state index in [1.807, 2.05) is 0 Å². The van der Waals surface area contributed by atoms with Crippen molar-refractivity contribution in [3.05, 3.63) is 0 Å². The number of piperidine rings is 2. The van der Waals surface area contributed by atoms with Crippen LogP contribution in [0.1, 0.15) is 51.9 Å². The van der Waals surface area contributed by atoms with E-state index in [9.17, 15) is 4.79 Å². The summed E-state index contributed by atoms with van der Waals surface area (Å²) in [7, 11) is 2.14. The standard InChI is InChI=1S/C16H29N3O.ClH/c1-12-5-3-4-8-19(12)16(20)11-18(2)15-9-13-6-7-14(10-15)17-13;/h12-15,17H,3-11H2,1-2H3;1H. The zero-order chi connectivity index (χ0) is 14.1. The molecule has 4 nitrogen and oxygen atoms in total. The summed E-state index contributed by atoms with van der Waals surface area (Å²) in [6.45, 7) is 3.77. The van der Waals surface area contributed by atoms with Gasteiger partial charge in [0.1, 0.15) is 0 Å². The first-order valence-electron chi connectivity index (χ1n) is 8.39. The molecule has 2 bridgehead atoms. The largest absolute Gasteiger partial charge is 0.339 e. The summed E-state index contributed by atoms with van der Waals surface area (Å²) in [5.41, 5.74) is 0. The first kappa shape index (κ1) is 17.0. The molecule has 3 rings (SSSR count). The van der Waals surface area contributed by atoms with Crippen molar-refractivity contribution >= 4 is 18.3 Å². The fraction of sp³-hybridized carbons (Fsp3) is 0.938. The van der Waals surface area contributed by atoms with Crippen LogP contribution in [0.5, 0.6) is 0 Å². The van der Waals surface area contributed by atoms with Gasteiger partial charge in [-0.2, -0.15) is 0 Å². The maximum absolute atomic E-state index is 12.5. The lowest BCUT2D eigenvalue weighted by Gasteiger charge is -2.38. The molecule has 3 unspecified atom stereocenters. The number of hydrogen-bond donors (Lipinski definition) is 1. The second-order valence-corrected chi connectivity index (χ2v) is 7.11. The van der Waals surface area contributed by atoms with Gasteiger partial charge in [-0.1, -0.05) is 0 Å². The van der Waals surface area contributed by atoms with Gasteiger partial charge < -0.3 is 10.2 Å². The van der Waals surface area contributed by atoms with Gasteiger partial charge in [0.25, 0.3) is 0 Å². The Kier molecular flexibility index (Phi) is 5.92. The van der Waals surface area contributed by atoms with Gasteiger partial charge in [-0.15, -0.1) is 12.4 Å². The molecule has 0 spiro atoms. The number of hydrogen-bond acceptors (Lipinski definition) is 3. The number of nitrogens with zero attached hydrogens (tertiary/aromatic N) is 2. The molecule has 0 aromatic heterocycles. The average Bonchev–Trinajstić information content (AvgIpc) is 2.77. The third-order valence-electron chi connectivity index (χ3n) is 5.58. The molecule has 1 amide bonds. The topological polar surface area (TPSA) is 35.6 Å². The van der Waals surface area contributed by atoms with Crippen molar-refractivity contribution in [1.29, 1.82) is 0 Å². The molecule has 3 saturated heterocycles. The number of nitrogens with one attached hydrogen (secondary N) is 1. The van der Waals surface area contributed by atoms with Gasteiger partial charge >= 0.3 is 0 Å². The molecule has 21 heavy (non-hydrogen) atoms. The van der Waals surface area contributed by atoms with Crippen molar-refractivity contribution in [3.63, 3.8) is 0 Å². The zero-order valence-corrected chi connectivity index (χ0v) is 14.2. The summed E-state index contributed by atoms with van der Waals surface area (Å²) in [5, 5.41) is 3.68. The van der Waals surface area contributed by atoms with E-state index in [0.717, 1.165) is 6.54 Å². The summed E-state index contributed by atoms with van der Waals surface area (Å²) >= 11 is 0. The molecule has 3 aliphatic rings. The Morgan fingerprint density at radius 3 is 2.48 bits per heavy atom. The Morgan fingerprint density at radius 1 is 1.19 bits per heavy atom. The number of fused-ring (bicyclic) bond motifs is 2. The normalized spacial score (nSPS) is 35.7. The first-order chi connectivity index (χ1) is 9.63. The van der Waals surface area contributed by atoms with Crippen molar-refractivity contribution < 1.29 is 4.79 Å². The lowest BCUT2D eigenvalue weighted by Crippen LogP contribution is -2.51. The highest BCUT2D eigenvalue weighted by Gasteiger charge is 2.36. The highest BCUT2D eigenvalue weighted by Crippen LogP contribution is 2.29. The van der Waals surface area contributed by atoms with Crippen LogP contribution in [-0.2, 0) is 4.79 Å². The van der Waals surface area contributed by atoms with E-state index in [1.165, 1.54) is 44.9 Å². The van der Waals surface area contributed by atoms with Crippen LogP contribution >= 0.6 is 12.4 Å². The SMILES string of the molecule is CC1CCCCN1C(=O)CN(C)C1CC2CCC(C1)N2.Cl. The molecule has 0 radical (unpaired) electrons. The van der Waals surface area contributed by atoms with Gasteiger partial charge in [0.2, 0.25) is 5.91 Å². The Balaban J connectivity index is 0.00000161. The second-order valence-electron chi connectivity index (χ2n) is 7.11. The molecule has 3 aliphatic heterocycles. The van der Waals surface area contributed by atoms with Crippen LogP contribution < -0.4 is 5.32 Å². The smallest absolute Gasteiger partial charge is 0.236 e. The van der Waals surface area contributed by atoms with E-state index in [0.29, 0.717) is 36.6 Å². The van der Waals surface area contributed by atoms with Crippen LogP contribution in [0.2, 0.25) is 0 Å². The number of carbonyl (C=O) groups is 1. The van der Waals surface area contributed by atoms with Gasteiger partial charge in [0, 0.05) is 30.7 Å². The van der Waals surface area contributed by atoms with E-state index >= 15 is 0 Å². The van der Waals surface area contributed by atoms with E-state index < -0.39 is 0 Å². The third kappa shape index (κ3) is 3.91. The van der Waals surface area contributed by atoms with Gasteiger partial charge in [-0.25, -0.2) is 0 Å². The highest BCUT2D eigenvalue weighted by atomic mass is 35.5. The molecule has 122 valence electrons. The fourth-order valence-electron chi connectivity index (χ4n) is 4.29. The summed E-state index contributed by atoms with van der Waals surface area (Å²) < 4.78 is 0. The molecule has 1 N–H and O–H groups in total. The minimum atomic E-state index is 0. The minimum Gasteiger partial charge on any atom is -0.339 e. The van der Waals surface area contributed by atoms with Crippen molar-refractivity contribution in [2.24, 2.45) is 0 Å². The summed E-state index contributed by atoms with van der Waals surface area (Å²) in [4.78, 5) is 16.9. The lowest BCUT2D eigenvalue weighted by molar-refractivity contribution is -0.136. The molecular weight excluding hydrogens is 286 g/mol. The maximum Gasteiger partial charge on any atom is 0.236 e. The number of rotatable bonds is 3. The lowest BCUT2D eigenvalue weighted by atomic mass is 9.98. The molecule has 3 atom stereocenters. The van der Waals surface area contributed by atoms with Gasteiger partial charge in [0.15, 0.2) is 0 Å².